The number of nitrogens with one attached hydrogen (secondary N) is 3. The molecule has 1 aliphatic rings. The summed E-state index contributed by atoms with van der Waals surface area (Å²) < 4.78 is 78.3. The first-order valence-corrected chi connectivity index (χ1v) is 13.5. The zero-order valence-electron chi connectivity index (χ0n) is 20.6. The van der Waals surface area contributed by atoms with E-state index < -0.39 is 34.5 Å². The van der Waals surface area contributed by atoms with Gasteiger partial charge in [-0.3, -0.25) is 14.1 Å². The van der Waals surface area contributed by atoms with Gasteiger partial charge in [0.05, 0.1) is 12.2 Å². The number of pyridine rings is 2. The Morgan fingerprint density at radius 2 is 1.95 bits per heavy atom. The number of hydrogen-bond acceptors (Lipinski definition) is 8. The largest absolute Gasteiger partial charge is 0.390 e. The van der Waals surface area contributed by atoms with Crippen LogP contribution in [0.5, 0.6) is 0 Å². The van der Waals surface area contributed by atoms with Gasteiger partial charge in [0.15, 0.2) is 0 Å². The van der Waals surface area contributed by atoms with Gasteiger partial charge >= 0.3 is 6.18 Å². The van der Waals surface area contributed by atoms with Crippen LogP contribution in [-0.4, -0.2) is 65.2 Å². The standard InChI is InChI=1S/C23H27F4N7O3S/c1-13(2)34-20-15(10-30-22(32-20)31-17-8-16(24)11-28-12-17)7-18(21(34)35)14-3-4-19(29-9-14)33-38(36,37)6-5-23(25,26)27/h3-4,7,9-10,13,16-17,28H,5-6,8,11-12H2,1-2H3,(H,29,33)(H,30,31,32)/t16-,17-/m0/s1. The summed E-state index contributed by atoms with van der Waals surface area (Å²) in [5, 5.41) is 6.66. The molecule has 1 aliphatic heterocycles. The van der Waals surface area contributed by atoms with Gasteiger partial charge in [-0.1, -0.05) is 0 Å². The lowest BCUT2D eigenvalue weighted by Crippen LogP contribution is -2.44. The second kappa shape index (κ2) is 10.8. The van der Waals surface area contributed by atoms with Crippen LogP contribution < -0.4 is 20.9 Å². The molecule has 0 saturated carbocycles. The SMILES string of the molecule is CC(C)n1c(=O)c(-c2ccc(NS(=O)(=O)CCC(F)(F)F)nc2)cc2cnc(N[C@@H]3CNC[C@@H](F)C3)nc21. The summed E-state index contributed by atoms with van der Waals surface area (Å²) in [7, 11) is -4.26. The van der Waals surface area contributed by atoms with E-state index >= 15 is 0 Å². The first kappa shape index (κ1) is 27.7. The number of aromatic nitrogens is 4. The maximum atomic E-state index is 13.7. The van der Waals surface area contributed by atoms with Crippen LogP contribution in [0.1, 0.15) is 32.7 Å². The summed E-state index contributed by atoms with van der Waals surface area (Å²) in [6.45, 7) is 4.48. The van der Waals surface area contributed by atoms with Crippen molar-refractivity contribution in [2.45, 2.75) is 51.1 Å². The lowest BCUT2D eigenvalue weighted by Gasteiger charge is -2.26. The highest BCUT2D eigenvalue weighted by molar-refractivity contribution is 7.92. The molecule has 1 fully saturated rings. The quantitative estimate of drug-likeness (QED) is 0.360. The Morgan fingerprint density at radius 1 is 1.18 bits per heavy atom. The molecule has 3 aromatic rings. The first-order chi connectivity index (χ1) is 17.8. The van der Waals surface area contributed by atoms with Gasteiger partial charge in [0.1, 0.15) is 17.6 Å². The van der Waals surface area contributed by atoms with E-state index in [1.165, 1.54) is 22.9 Å². The Morgan fingerprint density at radius 3 is 2.58 bits per heavy atom. The van der Waals surface area contributed by atoms with Crippen molar-refractivity contribution >= 4 is 32.8 Å². The molecule has 0 radical (unpaired) electrons. The van der Waals surface area contributed by atoms with Gasteiger partial charge in [-0.2, -0.15) is 18.2 Å². The van der Waals surface area contributed by atoms with Crippen LogP contribution >= 0.6 is 0 Å². The molecule has 0 bridgehead atoms. The molecule has 0 aliphatic carbocycles. The molecule has 4 rings (SSSR count). The molecule has 1 saturated heterocycles. The van der Waals surface area contributed by atoms with E-state index in [9.17, 15) is 30.8 Å². The minimum atomic E-state index is -4.61. The molecule has 0 aromatic carbocycles. The van der Waals surface area contributed by atoms with Gasteiger partial charge in [-0.05, 0) is 32.0 Å². The number of sulfonamides is 1. The maximum absolute atomic E-state index is 13.7. The summed E-state index contributed by atoms with van der Waals surface area (Å²) >= 11 is 0. The number of hydrogen-bond donors (Lipinski definition) is 3. The number of fused-ring (bicyclic) bond motifs is 1. The van der Waals surface area contributed by atoms with E-state index in [0.29, 0.717) is 36.1 Å². The zero-order valence-corrected chi connectivity index (χ0v) is 21.4. The third-order valence-electron chi connectivity index (χ3n) is 5.91. The van der Waals surface area contributed by atoms with Crippen molar-refractivity contribution < 1.29 is 26.0 Å². The summed E-state index contributed by atoms with van der Waals surface area (Å²) in [6, 6.07) is 3.81. The summed E-state index contributed by atoms with van der Waals surface area (Å²) in [5.74, 6) is -1.04. The van der Waals surface area contributed by atoms with E-state index in [2.05, 4.69) is 25.6 Å². The normalized spacial score (nSPS) is 18.6. The Kier molecular flexibility index (Phi) is 7.88. The van der Waals surface area contributed by atoms with E-state index in [1.807, 2.05) is 18.6 Å². The van der Waals surface area contributed by atoms with Gasteiger partial charge in [-0.25, -0.2) is 22.8 Å². The third kappa shape index (κ3) is 6.75. The monoisotopic (exact) mass is 557 g/mol. The smallest absolute Gasteiger partial charge is 0.350 e. The van der Waals surface area contributed by atoms with Crippen LogP contribution in [0.3, 0.4) is 0 Å². The topological polar surface area (TPSA) is 131 Å². The van der Waals surface area contributed by atoms with E-state index in [-0.39, 0.29) is 35.0 Å². The molecular weight excluding hydrogens is 530 g/mol. The van der Waals surface area contributed by atoms with Crippen LogP contribution in [0.25, 0.3) is 22.2 Å². The van der Waals surface area contributed by atoms with Crippen molar-refractivity contribution in [1.82, 2.24) is 24.8 Å². The van der Waals surface area contributed by atoms with Gasteiger partial charge in [0, 0.05) is 60.5 Å². The molecule has 38 heavy (non-hydrogen) atoms. The number of alkyl halides is 4. The summed E-state index contributed by atoms with van der Waals surface area (Å²) in [4.78, 5) is 26.2. The van der Waals surface area contributed by atoms with Crippen molar-refractivity contribution in [3.63, 3.8) is 0 Å². The predicted octanol–water partition coefficient (Wildman–Crippen LogP) is 3.24. The molecule has 15 heteroatoms. The van der Waals surface area contributed by atoms with Crippen LogP contribution in [0.2, 0.25) is 0 Å². The van der Waals surface area contributed by atoms with Crippen LogP contribution in [0, 0.1) is 0 Å². The minimum Gasteiger partial charge on any atom is -0.350 e. The number of piperidine rings is 1. The van der Waals surface area contributed by atoms with Crippen molar-refractivity contribution in [2.75, 3.05) is 28.9 Å². The van der Waals surface area contributed by atoms with Crippen molar-refractivity contribution in [3.8, 4) is 11.1 Å². The maximum Gasteiger partial charge on any atom is 0.390 e. The molecule has 2 atom stereocenters. The zero-order chi connectivity index (χ0) is 27.7. The molecule has 0 spiro atoms. The van der Waals surface area contributed by atoms with Crippen LogP contribution in [-0.2, 0) is 10.0 Å². The average molecular weight is 558 g/mol. The van der Waals surface area contributed by atoms with E-state index in [0.717, 1.165) is 0 Å². The second-order valence-corrected chi connectivity index (χ2v) is 11.2. The van der Waals surface area contributed by atoms with Crippen LogP contribution in [0.15, 0.2) is 35.4 Å². The molecule has 4 heterocycles. The van der Waals surface area contributed by atoms with Gasteiger partial charge in [0.25, 0.3) is 5.56 Å². The highest BCUT2D eigenvalue weighted by Gasteiger charge is 2.30. The number of nitrogens with zero attached hydrogens (tertiary/aromatic N) is 4. The first-order valence-electron chi connectivity index (χ1n) is 11.9. The molecule has 10 nitrogen and oxygen atoms in total. The predicted molar refractivity (Wildman–Crippen MR) is 135 cm³/mol. The van der Waals surface area contributed by atoms with Crippen LogP contribution in [0.4, 0.5) is 29.3 Å². The molecule has 3 N–H and O–H groups in total. The average Bonchev–Trinajstić information content (AvgIpc) is 2.82. The fraction of sp³-hybridized carbons (Fsp3) is 0.478. The second-order valence-electron chi connectivity index (χ2n) is 9.35. The summed E-state index contributed by atoms with van der Waals surface area (Å²) in [6.07, 6.45) is -3.95. The molecule has 206 valence electrons. The van der Waals surface area contributed by atoms with E-state index in [1.54, 1.807) is 12.3 Å². The fourth-order valence-corrected chi connectivity index (χ4v) is 5.17. The molecule has 0 amide bonds. The minimum absolute atomic E-state index is 0.173. The lowest BCUT2D eigenvalue weighted by atomic mass is 10.1. The van der Waals surface area contributed by atoms with Crippen molar-refractivity contribution in [2.24, 2.45) is 0 Å². The highest BCUT2D eigenvalue weighted by Crippen LogP contribution is 2.24. The Bertz CT molecular complexity index is 1460. The third-order valence-corrected chi connectivity index (χ3v) is 7.17. The van der Waals surface area contributed by atoms with E-state index in [4.69, 9.17) is 0 Å². The summed E-state index contributed by atoms with van der Waals surface area (Å²) in [5.41, 5.74) is 0.634. The molecule has 0 unspecified atom stereocenters. The van der Waals surface area contributed by atoms with Gasteiger partial charge in [0.2, 0.25) is 16.0 Å². The number of anilines is 2. The molecule has 3 aromatic heterocycles. The Hall–Kier alpha value is -3.33. The fourth-order valence-electron chi connectivity index (χ4n) is 4.13. The van der Waals surface area contributed by atoms with Crippen molar-refractivity contribution in [1.29, 1.82) is 0 Å². The van der Waals surface area contributed by atoms with Gasteiger partial charge < -0.3 is 10.6 Å². The Labute approximate surface area is 216 Å². The number of halogens is 4. The Balaban J connectivity index is 1.61. The van der Waals surface area contributed by atoms with Gasteiger partial charge in [-0.15, -0.1) is 0 Å². The lowest BCUT2D eigenvalue weighted by molar-refractivity contribution is -0.129. The highest BCUT2D eigenvalue weighted by atomic mass is 32.2. The number of rotatable bonds is 8. The van der Waals surface area contributed by atoms with Crippen molar-refractivity contribution in [3.05, 3.63) is 40.9 Å². The molecular formula is C23H27F4N7O3S.